The van der Waals surface area contributed by atoms with Crippen molar-refractivity contribution in [3.63, 3.8) is 0 Å². The second-order valence-electron chi connectivity index (χ2n) is 6.22. The fourth-order valence-electron chi connectivity index (χ4n) is 2.75. The first-order valence-corrected chi connectivity index (χ1v) is 12.1. The zero-order valence-electron chi connectivity index (χ0n) is 16.1. The maximum Gasteiger partial charge on any atom is 0.263 e. The van der Waals surface area contributed by atoms with Crippen LogP contribution in [0.15, 0.2) is 64.9 Å². The molecule has 0 saturated heterocycles. The molecule has 4 aromatic rings. The lowest BCUT2D eigenvalue weighted by molar-refractivity contribution is 0.417. The van der Waals surface area contributed by atoms with Gasteiger partial charge < -0.3 is 10.1 Å². The highest BCUT2D eigenvalue weighted by molar-refractivity contribution is 7.93. The van der Waals surface area contributed by atoms with Gasteiger partial charge in [-0.15, -0.1) is 11.3 Å². The van der Waals surface area contributed by atoms with Crippen LogP contribution in [0.5, 0.6) is 5.75 Å². The molecular weight excluding hydrogens is 440 g/mol. The number of nitrogens with one attached hydrogen (secondary N) is 2. The number of anilines is 3. The fourth-order valence-corrected chi connectivity index (χ4v) is 5.72. The van der Waals surface area contributed by atoms with Crippen LogP contribution in [-0.4, -0.2) is 25.5 Å². The van der Waals surface area contributed by atoms with E-state index < -0.39 is 10.0 Å². The van der Waals surface area contributed by atoms with E-state index >= 15 is 0 Å². The lowest BCUT2D eigenvalue weighted by Crippen LogP contribution is -2.12. The Morgan fingerprint density at radius 2 is 1.70 bits per heavy atom. The van der Waals surface area contributed by atoms with Crippen LogP contribution in [0.1, 0.15) is 5.69 Å². The number of rotatable bonds is 7. The number of sulfonamides is 1. The molecule has 2 heterocycles. The summed E-state index contributed by atoms with van der Waals surface area (Å²) in [7, 11) is -2.07. The van der Waals surface area contributed by atoms with Crippen LogP contribution in [0.4, 0.5) is 16.0 Å². The Balaban J connectivity index is 1.56. The van der Waals surface area contributed by atoms with E-state index in [2.05, 4.69) is 20.0 Å². The molecule has 0 saturated carbocycles. The van der Waals surface area contributed by atoms with Crippen LogP contribution in [0.2, 0.25) is 0 Å². The van der Waals surface area contributed by atoms with Crippen molar-refractivity contribution in [2.24, 2.45) is 0 Å². The van der Waals surface area contributed by atoms with Gasteiger partial charge in [0.05, 0.1) is 34.0 Å². The summed E-state index contributed by atoms with van der Waals surface area (Å²) < 4.78 is 33.0. The molecule has 4 rings (SSSR count). The summed E-state index contributed by atoms with van der Waals surface area (Å²) in [6.45, 7) is 1.83. The zero-order valence-corrected chi connectivity index (χ0v) is 18.6. The molecule has 0 amide bonds. The maximum absolute atomic E-state index is 12.5. The minimum atomic E-state index is -3.69. The van der Waals surface area contributed by atoms with Crippen molar-refractivity contribution >= 4 is 48.6 Å². The third-order valence-electron chi connectivity index (χ3n) is 4.16. The molecule has 10 heteroatoms. The Morgan fingerprint density at radius 3 is 2.47 bits per heavy atom. The molecule has 0 bridgehead atoms. The summed E-state index contributed by atoms with van der Waals surface area (Å²) in [6.07, 6.45) is 0. The number of thiazole rings is 2. The van der Waals surface area contributed by atoms with E-state index in [9.17, 15) is 8.42 Å². The third kappa shape index (κ3) is 4.30. The van der Waals surface area contributed by atoms with Gasteiger partial charge in [0.15, 0.2) is 10.3 Å². The number of aromatic nitrogens is 2. The Bertz CT molecular complexity index is 1270. The molecule has 0 spiro atoms. The summed E-state index contributed by atoms with van der Waals surface area (Å²) in [6, 6.07) is 15.8. The van der Waals surface area contributed by atoms with Crippen LogP contribution in [-0.2, 0) is 10.0 Å². The minimum Gasteiger partial charge on any atom is -0.495 e. The van der Waals surface area contributed by atoms with Gasteiger partial charge in [-0.2, -0.15) is 0 Å². The normalized spacial score (nSPS) is 11.3. The van der Waals surface area contributed by atoms with Gasteiger partial charge >= 0.3 is 0 Å². The average Bonchev–Trinajstić information content (AvgIpc) is 3.34. The van der Waals surface area contributed by atoms with E-state index in [1.807, 2.05) is 36.6 Å². The Hall–Kier alpha value is -2.95. The third-order valence-corrected chi connectivity index (χ3v) is 7.49. The van der Waals surface area contributed by atoms with E-state index in [0.717, 1.165) is 22.0 Å². The smallest absolute Gasteiger partial charge is 0.263 e. The van der Waals surface area contributed by atoms with Crippen molar-refractivity contribution in [2.45, 2.75) is 11.8 Å². The molecule has 154 valence electrons. The van der Waals surface area contributed by atoms with Gasteiger partial charge in [-0.05, 0) is 31.2 Å². The van der Waals surface area contributed by atoms with Crippen LogP contribution >= 0.6 is 22.7 Å². The van der Waals surface area contributed by atoms with E-state index in [1.54, 1.807) is 37.4 Å². The molecular formula is C20H18N4O3S3. The molecule has 30 heavy (non-hydrogen) atoms. The topological polar surface area (TPSA) is 93.2 Å². The van der Waals surface area contributed by atoms with Crippen molar-refractivity contribution in [1.29, 1.82) is 0 Å². The van der Waals surface area contributed by atoms with Crippen molar-refractivity contribution in [2.75, 3.05) is 17.1 Å². The van der Waals surface area contributed by atoms with Gasteiger partial charge in [0.2, 0.25) is 0 Å². The SMILES string of the molecule is COc1ccccc1Nc1nc(-c2sc(NS(=O)(=O)c3ccccc3)nc2C)cs1. The molecule has 0 aliphatic carbocycles. The molecule has 0 radical (unpaired) electrons. The van der Waals surface area contributed by atoms with E-state index in [4.69, 9.17) is 4.74 Å². The number of nitrogens with zero attached hydrogens (tertiary/aromatic N) is 2. The van der Waals surface area contributed by atoms with E-state index in [1.165, 1.54) is 22.7 Å². The summed E-state index contributed by atoms with van der Waals surface area (Å²) in [5.41, 5.74) is 2.26. The second-order valence-corrected chi connectivity index (χ2v) is 9.75. The van der Waals surface area contributed by atoms with Crippen molar-refractivity contribution in [3.05, 3.63) is 65.7 Å². The number of hydrogen-bond donors (Lipinski definition) is 2. The van der Waals surface area contributed by atoms with Gasteiger partial charge in [-0.1, -0.05) is 41.7 Å². The molecule has 0 atom stereocenters. The number of benzene rings is 2. The number of ether oxygens (including phenoxy) is 1. The highest BCUT2D eigenvalue weighted by Crippen LogP contribution is 2.36. The Morgan fingerprint density at radius 1 is 0.967 bits per heavy atom. The largest absolute Gasteiger partial charge is 0.495 e. The van der Waals surface area contributed by atoms with Crippen LogP contribution in [0.25, 0.3) is 10.6 Å². The minimum absolute atomic E-state index is 0.191. The van der Waals surface area contributed by atoms with E-state index in [0.29, 0.717) is 16.0 Å². The van der Waals surface area contributed by atoms with E-state index in [-0.39, 0.29) is 4.90 Å². The van der Waals surface area contributed by atoms with Crippen molar-refractivity contribution in [1.82, 2.24) is 9.97 Å². The predicted octanol–water partition coefficient (Wildman–Crippen LogP) is 5.13. The fraction of sp³-hybridized carbons (Fsp3) is 0.100. The maximum atomic E-state index is 12.5. The first-order valence-electron chi connectivity index (χ1n) is 8.87. The zero-order chi connectivity index (χ0) is 21.1. The summed E-state index contributed by atoms with van der Waals surface area (Å²) in [5, 5.41) is 6.17. The lowest BCUT2D eigenvalue weighted by Gasteiger charge is -2.07. The standard InChI is InChI=1S/C20H18N4O3S3/c1-13-18(29-20(21-13)24-30(25,26)14-8-4-3-5-9-14)16-12-28-19(23-16)22-15-10-6-7-11-17(15)27-2/h3-12H,1-2H3,(H,21,24)(H,22,23). The number of para-hydroxylation sites is 2. The number of hydrogen-bond acceptors (Lipinski definition) is 8. The summed E-state index contributed by atoms with van der Waals surface area (Å²) in [5.74, 6) is 0.723. The second kappa shape index (κ2) is 8.42. The molecule has 7 nitrogen and oxygen atoms in total. The Labute approximate surface area is 182 Å². The number of aryl methyl sites for hydroxylation is 1. The van der Waals surface area contributed by atoms with Crippen LogP contribution < -0.4 is 14.8 Å². The monoisotopic (exact) mass is 458 g/mol. The first-order chi connectivity index (χ1) is 14.5. The van der Waals surface area contributed by atoms with Gasteiger partial charge in [-0.25, -0.2) is 18.4 Å². The molecule has 0 fully saturated rings. The first kappa shape index (κ1) is 20.3. The average molecular weight is 459 g/mol. The summed E-state index contributed by atoms with van der Waals surface area (Å²) >= 11 is 2.70. The molecule has 0 aliphatic rings. The summed E-state index contributed by atoms with van der Waals surface area (Å²) in [4.78, 5) is 10.00. The van der Waals surface area contributed by atoms with Gasteiger partial charge in [-0.3, -0.25) is 4.72 Å². The number of methoxy groups -OCH3 is 1. The van der Waals surface area contributed by atoms with Gasteiger partial charge in [0.25, 0.3) is 10.0 Å². The van der Waals surface area contributed by atoms with Crippen molar-refractivity contribution < 1.29 is 13.2 Å². The van der Waals surface area contributed by atoms with Crippen molar-refractivity contribution in [3.8, 4) is 16.3 Å². The quantitative estimate of drug-likeness (QED) is 0.399. The molecule has 0 aliphatic heterocycles. The molecule has 0 unspecified atom stereocenters. The molecule has 2 N–H and O–H groups in total. The molecule has 2 aromatic heterocycles. The Kier molecular flexibility index (Phi) is 5.71. The highest BCUT2D eigenvalue weighted by Gasteiger charge is 2.19. The lowest BCUT2D eigenvalue weighted by atomic mass is 10.3. The van der Waals surface area contributed by atoms with Crippen LogP contribution in [0, 0.1) is 6.92 Å². The molecule has 2 aromatic carbocycles. The highest BCUT2D eigenvalue weighted by atomic mass is 32.2. The van der Waals surface area contributed by atoms with Crippen LogP contribution in [0.3, 0.4) is 0 Å². The predicted molar refractivity (Wildman–Crippen MR) is 121 cm³/mol. The van der Waals surface area contributed by atoms with Gasteiger partial charge in [0.1, 0.15) is 5.75 Å². The van der Waals surface area contributed by atoms with Gasteiger partial charge in [0, 0.05) is 5.38 Å².